The number of benzene rings is 2. The van der Waals surface area contributed by atoms with Crippen molar-refractivity contribution in [3.05, 3.63) is 58.4 Å². The Kier molecular flexibility index (Phi) is 5.88. The van der Waals surface area contributed by atoms with Crippen LogP contribution in [0, 0.1) is 0 Å². The summed E-state index contributed by atoms with van der Waals surface area (Å²) in [6, 6.07) is 14.3. The van der Waals surface area contributed by atoms with Gasteiger partial charge in [-0.25, -0.2) is 0 Å². The van der Waals surface area contributed by atoms with Crippen LogP contribution in [-0.4, -0.2) is 30.6 Å². The molecule has 1 unspecified atom stereocenters. The van der Waals surface area contributed by atoms with Crippen molar-refractivity contribution in [2.75, 3.05) is 19.0 Å². The molecule has 0 saturated carbocycles. The van der Waals surface area contributed by atoms with Crippen LogP contribution >= 0.6 is 22.9 Å². The average Bonchev–Trinajstić information content (AvgIpc) is 3.11. The topological polar surface area (TPSA) is 87.7 Å². The van der Waals surface area contributed by atoms with Gasteiger partial charge in [-0.3, -0.25) is 9.59 Å². The van der Waals surface area contributed by atoms with Gasteiger partial charge in [0.05, 0.1) is 19.3 Å². The first-order valence-electron chi connectivity index (χ1n) is 8.44. The van der Waals surface area contributed by atoms with E-state index in [4.69, 9.17) is 16.3 Å². The van der Waals surface area contributed by atoms with Gasteiger partial charge in [0, 0.05) is 14.6 Å². The first kappa shape index (κ1) is 20.1. The maximum atomic E-state index is 12.2. The molecule has 0 spiro atoms. The maximum Gasteiger partial charge on any atom is 0.313 e. The average molecular weight is 419 g/mol. The summed E-state index contributed by atoms with van der Waals surface area (Å²) in [5.41, 5.74) is -1.03. The number of carbonyl (C=O) groups excluding carboxylic acids is 2. The molecule has 0 radical (unpaired) electrons. The third kappa shape index (κ3) is 4.44. The van der Waals surface area contributed by atoms with Crippen LogP contribution in [0.4, 0.5) is 5.69 Å². The number of carbonyl (C=O) groups is 2. The zero-order valence-corrected chi connectivity index (χ0v) is 16.9. The summed E-state index contributed by atoms with van der Waals surface area (Å²) in [6.45, 7) is 1.48. The quantitative estimate of drug-likeness (QED) is 0.553. The first-order chi connectivity index (χ1) is 13.3. The highest BCUT2D eigenvalue weighted by Crippen LogP contribution is 2.33. The SMILES string of the molecule is COc1ccc(Cl)cc1NC(=O)C(=O)NCC(C)(O)c1cc2ccccc2s1. The van der Waals surface area contributed by atoms with Crippen LogP contribution < -0.4 is 15.4 Å². The molecular weight excluding hydrogens is 400 g/mol. The molecule has 6 nitrogen and oxygen atoms in total. The number of halogens is 1. The van der Waals surface area contributed by atoms with Gasteiger partial charge in [-0.05, 0) is 42.6 Å². The molecule has 0 aliphatic carbocycles. The van der Waals surface area contributed by atoms with Crippen LogP contribution in [0.5, 0.6) is 5.75 Å². The fraction of sp³-hybridized carbons (Fsp3) is 0.200. The van der Waals surface area contributed by atoms with E-state index in [1.165, 1.54) is 24.5 Å². The van der Waals surface area contributed by atoms with E-state index in [2.05, 4.69) is 10.6 Å². The molecule has 0 bridgehead atoms. The van der Waals surface area contributed by atoms with Crippen LogP contribution in [0.1, 0.15) is 11.8 Å². The fourth-order valence-corrected chi connectivity index (χ4v) is 3.90. The molecule has 2 aromatic carbocycles. The molecule has 0 aliphatic heterocycles. The van der Waals surface area contributed by atoms with E-state index in [1.54, 1.807) is 19.1 Å². The van der Waals surface area contributed by atoms with Crippen molar-refractivity contribution in [2.45, 2.75) is 12.5 Å². The van der Waals surface area contributed by atoms with Crippen molar-refractivity contribution in [3.63, 3.8) is 0 Å². The normalized spacial score (nSPS) is 13.0. The number of thiophene rings is 1. The van der Waals surface area contributed by atoms with E-state index in [0.717, 1.165) is 10.1 Å². The highest BCUT2D eigenvalue weighted by atomic mass is 35.5. The Labute approximate surface area is 171 Å². The number of methoxy groups -OCH3 is 1. The van der Waals surface area contributed by atoms with Gasteiger partial charge >= 0.3 is 11.8 Å². The second-order valence-electron chi connectivity index (χ2n) is 6.40. The summed E-state index contributed by atoms with van der Waals surface area (Å²) >= 11 is 7.36. The van der Waals surface area contributed by atoms with Gasteiger partial charge in [-0.2, -0.15) is 0 Å². The molecule has 0 saturated heterocycles. The van der Waals surface area contributed by atoms with Crippen molar-refractivity contribution < 1.29 is 19.4 Å². The number of nitrogens with one attached hydrogen (secondary N) is 2. The van der Waals surface area contributed by atoms with Crippen molar-refractivity contribution >= 4 is 50.5 Å². The second-order valence-corrected chi connectivity index (χ2v) is 7.92. The molecule has 3 rings (SSSR count). The summed E-state index contributed by atoms with van der Waals surface area (Å²) in [6.07, 6.45) is 0. The van der Waals surface area contributed by atoms with Crippen molar-refractivity contribution in [1.82, 2.24) is 5.32 Å². The lowest BCUT2D eigenvalue weighted by Crippen LogP contribution is -2.43. The Morgan fingerprint density at radius 3 is 2.64 bits per heavy atom. The predicted octanol–water partition coefficient (Wildman–Crippen LogP) is 3.53. The summed E-state index contributed by atoms with van der Waals surface area (Å²) in [7, 11) is 1.45. The maximum absolute atomic E-state index is 12.2. The Morgan fingerprint density at radius 2 is 1.93 bits per heavy atom. The van der Waals surface area contributed by atoms with Crippen LogP contribution in [0.2, 0.25) is 5.02 Å². The third-order valence-electron chi connectivity index (χ3n) is 4.17. The largest absolute Gasteiger partial charge is 0.495 e. The molecule has 1 atom stereocenters. The number of ether oxygens (including phenoxy) is 1. The number of anilines is 1. The number of amides is 2. The van der Waals surface area contributed by atoms with E-state index < -0.39 is 17.4 Å². The molecule has 1 heterocycles. The van der Waals surface area contributed by atoms with Crippen LogP contribution in [0.15, 0.2) is 48.5 Å². The van der Waals surface area contributed by atoms with E-state index in [1.807, 2.05) is 30.3 Å². The van der Waals surface area contributed by atoms with Gasteiger partial charge in [0.2, 0.25) is 0 Å². The van der Waals surface area contributed by atoms with Crippen LogP contribution in [0.25, 0.3) is 10.1 Å². The summed E-state index contributed by atoms with van der Waals surface area (Å²) in [4.78, 5) is 25.1. The van der Waals surface area contributed by atoms with Gasteiger partial charge in [-0.1, -0.05) is 29.8 Å². The number of hydrogen-bond donors (Lipinski definition) is 3. The smallest absolute Gasteiger partial charge is 0.313 e. The first-order valence-corrected chi connectivity index (χ1v) is 9.64. The van der Waals surface area contributed by atoms with E-state index >= 15 is 0 Å². The molecule has 2 amide bonds. The Morgan fingerprint density at radius 1 is 1.18 bits per heavy atom. The zero-order chi connectivity index (χ0) is 20.3. The monoisotopic (exact) mass is 418 g/mol. The van der Waals surface area contributed by atoms with Crippen molar-refractivity contribution in [3.8, 4) is 5.75 Å². The van der Waals surface area contributed by atoms with E-state index in [0.29, 0.717) is 15.6 Å². The summed E-state index contributed by atoms with van der Waals surface area (Å²) in [5.74, 6) is -1.38. The van der Waals surface area contributed by atoms with Crippen LogP contribution in [0.3, 0.4) is 0 Å². The highest BCUT2D eigenvalue weighted by Gasteiger charge is 2.27. The molecule has 8 heteroatoms. The zero-order valence-electron chi connectivity index (χ0n) is 15.3. The van der Waals surface area contributed by atoms with E-state index in [-0.39, 0.29) is 12.2 Å². The third-order valence-corrected chi connectivity index (χ3v) is 5.77. The lowest BCUT2D eigenvalue weighted by atomic mass is 10.0. The van der Waals surface area contributed by atoms with Gasteiger partial charge in [0.15, 0.2) is 0 Å². The van der Waals surface area contributed by atoms with Gasteiger partial charge < -0.3 is 20.5 Å². The van der Waals surface area contributed by atoms with Gasteiger partial charge in [-0.15, -0.1) is 11.3 Å². The molecule has 0 aliphatic rings. The number of rotatable bonds is 5. The van der Waals surface area contributed by atoms with Gasteiger partial charge in [0.1, 0.15) is 11.4 Å². The highest BCUT2D eigenvalue weighted by molar-refractivity contribution is 7.19. The predicted molar refractivity (Wildman–Crippen MR) is 111 cm³/mol. The molecule has 3 aromatic rings. The van der Waals surface area contributed by atoms with Crippen molar-refractivity contribution in [1.29, 1.82) is 0 Å². The minimum atomic E-state index is -1.31. The fourth-order valence-electron chi connectivity index (χ4n) is 2.62. The molecule has 146 valence electrons. The molecule has 1 aromatic heterocycles. The summed E-state index contributed by atoms with van der Waals surface area (Å²) < 4.78 is 6.18. The molecule has 0 fully saturated rings. The minimum Gasteiger partial charge on any atom is -0.495 e. The molecule has 28 heavy (non-hydrogen) atoms. The van der Waals surface area contributed by atoms with Crippen molar-refractivity contribution in [2.24, 2.45) is 0 Å². The Hall–Kier alpha value is -2.61. The number of hydrogen-bond acceptors (Lipinski definition) is 5. The number of aliphatic hydroxyl groups is 1. The Balaban J connectivity index is 1.65. The van der Waals surface area contributed by atoms with Crippen LogP contribution in [-0.2, 0) is 15.2 Å². The minimum absolute atomic E-state index is 0.112. The lowest BCUT2D eigenvalue weighted by molar-refractivity contribution is -0.136. The second kappa shape index (κ2) is 8.18. The molecule has 3 N–H and O–H groups in total. The molecular formula is C20H19ClN2O4S. The number of fused-ring (bicyclic) bond motifs is 1. The lowest BCUT2D eigenvalue weighted by Gasteiger charge is -2.22. The summed E-state index contributed by atoms with van der Waals surface area (Å²) in [5, 5.41) is 17.1. The van der Waals surface area contributed by atoms with Gasteiger partial charge in [0.25, 0.3) is 0 Å². The standard InChI is InChI=1S/C20H19ClN2O4S/c1-20(26,17-9-12-5-3-4-6-16(12)28-17)11-22-18(24)19(25)23-14-10-13(21)7-8-15(14)27-2/h3-10,26H,11H2,1-2H3,(H,22,24)(H,23,25). The van der Waals surface area contributed by atoms with E-state index in [9.17, 15) is 14.7 Å². The Bertz CT molecular complexity index is 999.